The number of carbonyl (C=O) groups is 1. The van der Waals surface area contributed by atoms with Crippen molar-refractivity contribution >= 4 is 17.7 Å². The lowest BCUT2D eigenvalue weighted by Crippen LogP contribution is -2.41. The van der Waals surface area contributed by atoms with E-state index in [2.05, 4.69) is 15.4 Å². The summed E-state index contributed by atoms with van der Waals surface area (Å²) in [6, 6.07) is 2.16. The van der Waals surface area contributed by atoms with E-state index in [0.717, 1.165) is 18.5 Å². The molecule has 1 saturated carbocycles. The number of aryl methyl sites for hydroxylation is 1. The number of hydrazine groups is 1. The van der Waals surface area contributed by atoms with Crippen molar-refractivity contribution in [3.05, 3.63) is 11.8 Å². The second kappa shape index (κ2) is 5.83. The summed E-state index contributed by atoms with van der Waals surface area (Å²) in [4.78, 5) is 21.7. The molecule has 2 rings (SSSR count). The van der Waals surface area contributed by atoms with Crippen LogP contribution >= 0.6 is 0 Å². The lowest BCUT2D eigenvalue weighted by Gasteiger charge is -2.29. The zero-order valence-corrected chi connectivity index (χ0v) is 11.1. The fraction of sp³-hybridized carbons (Fsp3) is 0.583. The van der Waals surface area contributed by atoms with Crippen molar-refractivity contribution in [2.45, 2.75) is 38.6 Å². The Morgan fingerprint density at radius 2 is 2.16 bits per heavy atom. The first kappa shape index (κ1) is 13.5. The molecule has 0 unspecified atom stereocenters. The van der Waals surface area contributed by atoms with Crippen molar-refractivity contribution in [2.75, 3.05) is 16.9 Å². The number of carbonyl (C=O) groups excluding carboxylic acids is 1. The molecule has 7 nitrogen and oxygen atoms in total. The Kier molecular flexibility index (Phi) is 4.16. The molecule has 0 radical (unpaired) electrons. The average molecular weight is 264 g/mol. The summed E-state index contributed by atoms with van der Waals surface area (Å²) >= 11 is 0. The third-order valence-corrected chi connectivity index (χ3v) is 3.36. The third-order valence-electron chi connectivity index (χ3n) is 3.36. The quantitative estimate of drug-likeness (QED) is 0.521. The van der Waals surface area contributed by atoms with Crippen LogP contribution in [0.15, 0.2) is 6.07 Å². The second-order valence-corrected chi connectivity index (χ2v) is 4.87. The van der Waals surface area contributed by atoms with E-state index in [1.54, 1.807) is 0 Å². The van der Waals surface area contributed by atoms with Gasteiger partial charge in [0.2, 0.25) is 11.9 Å². The van der Waals surface area contributed by atoms with Crippen molar-refractivity contribution in [3.63, 3.8) is 0 Å². The number of nitrogen functional groups attached to an aromatic ring is 1. The number of amides is 1. The number of hydrogen-bond donors (Lipinski definition) is 3. The summed E-state index contributed by atoms with van der Waals surface area (Å²) in [7, 11) is 0. The topological polar surface area (TPSA) is 110 Å². The smallest absolute Gasteiger partial charge is 0.239 e. The minimum Gasteiger partial charge on any atom is -0.368 e. The molecule has 5 N–H and O–H groups in total. The highest BCUT2D eigenvalue weighted by Gasteiger charge is 2.25. The first-order chi connectivity index (χ1) is 9.10. The maximum absolute atomic E-state index is 11.3. The molecule has 19 heavy (non-hydrogen) atoms. The van der Waals surface area contributed by atoms with Crippen LogP contribution in [0.25, 0.3) is 0 Å². The predicted octanol–water partition coefficient (Wildman–Crippen LogP) is 0.305. The Labute approximate surface area is 112 Å². The van der Waals surface area contributed by atoms with Gasteiger partial charge in [0.15, 0.2) is 0 Å². The highest BCUT2D eigenvalue weighted by Crippen LogP contribution is 2.27. The molecule has 1 aromatic heterocycles. The monoisotopic (exact) mass is 264 g/mol. The van der Waals surface area contributed by atoms with E-state index < -0.39 is 0 Å². The molecule has 1 aliphatic rings. The molecule has 1 aromatic rings. The highest BCUT2D eigenvalue weighted by molar-refractivity contribution is 5.79. The van der Waals surface area contributed by atoms with Gasteiger partial charge < -0.3 is 10.6 Å². The minimum atomic E-state index is -0.356. The van der Waals surface area contributed by atoms with Gasteiger partial charge >= 0.3 is 0 Å². The van der Waals surface area contributed by atoms with E-state index in [4.69, 9.17) is 11.6 Å². The summed E-state index contributed by atoms with van der Waals surface area (Å²) in [5, 5.41) is 0. The van der Waals surface area contributed by atoms with E-state index in [1.807, 2.05) is 17.9 Å². The van der Waals surface area contributed by atoms with E-state index in [-0.39, 0.29) is 12.5 Å². The third kappa shape index (κ3) is 3.31. The van der Waals surface area contributed by atoms with Crippen LogP contribution in [-0.2, 0) is 4.79 Å². The first-order valence-electron chi connectivity index (χ1n) is 6.47. The van der Waals surface area contributed by atoms with E-state index in [9.17, 15) is 4.79 Å². The summed E-state index contributed by atoms with van der Waals surface area (Å²) in [6.07, 6.45) is 4.46. The molecule has 1 amide bonds. The number of nitrogens with one attached hydrogen (secondary N) is 1. The van der Waals surface area contributed by atoms with Gasteiger partial charge in [0, 0.05) is 17.8 Å². The first-order valence-corrected chi connectivity index (χ1v) is 6.47. The van der Waals surface area contributed by atoms with Crippen molar-refractivity contribution in [1.82, 2.24) is 9.97 Å². The van der Waals surface area contributed by atoms with Gasteiger partial charge in [-0.25, -0.2) is 10.8 Å². The van der Waals surface area contributed by atoms with Gasteiger partial charge in [0.05, 0.1) is 6.54 Å². The van der Waals surface area contributed by atoms with Gasteiger partial charge in [0.25, 0.3) is 0 Å². The summed E-state index contributed by atoms with van der Waals surface area (Å²) in [5.74, 6) is 6.05. The number of aromatic nitrogens is 2. The fourth-order valence-corrected chi connectivity index (χ4v) is 2.54. The summed E-state index contributed by atoms with van der Waals surface area (Å²) in [5.41, 5.74) is 8.58. The zero-order valence-electron chi connectivity index (χ0n) is 11.1. The van der Waals surface area contributed by atoms with Crippen molar-refractivity contribution in [1.29, 1.82) is 0 Å². The van der Waals surface area contributed by atoms with Crippen molar-refractivity contribution in [3.8, 4) is 0 Å². The van der Waals surface area contributed by atoms with Gasteiger partial charge in [-0.3, -0.25) is 10.2 Å². The molecular weight excluding hydrogens is 244 g/mol. The minimum absolute atomic E-state index is 0.172. The maximum Gasteiger partial charge on any atom is 0.239 e. The maximum atomic E-state index is 11.3. The van der Waals surface area contributed by atoms with Gasteiger partial charge in [-0.2, -0.15) is 4.98 Å². The molecule has 104 valence electrons. The van der Waals surface area contributed by atoms with Crippen molar-refractivity contribution < 1.29 is 4.79 Å². The van der Waals surface area contributed by atoms with Crippen molar-refractivity contribution in [2.24, 2.45) is 11.6 Å². The van der Waals surface area contributed by atoms with E-state index >= 15 is 0 Å². The van der Waals surface area contributed by atoms with Gasteiger partial charge in [-0.15, -0.1) is 0 Å². The SMILES string of the molecule is Cc1cc(N(CC(N)=O)C2CCCC2)nc(NN)n1. The van der Waals surface area contributed by atoms with Crippen LogP contribution in [-0.4, -0.2) is 28.5 Å². The number of hydrogen-bond acceptors (Lipinski definition) is 6. The average Bonchev–Trinajstić information content (AvgIpc) is 2.88. The molecule has 0 aromatic carbocycles. The van der Waals surface area contributed by atoms with Gasteiger partial charge in [-0.05, 0) is 19.8 Å². The molecule has 0 spiro atoms. The number of nitrogens with zero attached hydrogens (tertiary/aromatic N) is 3. The Morgan fingerprint density at radius 1 is 1.47 bits per heavy atom. The molecule has 1 aliphatic carbocycles. The van der Waals surface area contributed by atoms with Crippen LogP contribution in [0.3, 0.4) is 0 Å². The predicted molar refractivity (Wildman–Crippen MR) is 73.4 cm³/mol. The van der Waals surface area contributed by atoms with Crippen LogP contribution < -0.4 is 21.9 Å². The Balaban J connectivity index is 2.30. The van der Waals surface area contributed by atoms with Crippen LogP contribution in [0.2, 0.25) is 0 Å². The van der Waals surface area contributed by atoms with Crippen LogP contribution in [0.1, 0.15) is 31.4 Å². The fourth-order valence-electron chi connectivity index (χ4n) is 2.54. The lowest BCUT2D eigenvalue weighted by molar-refractivity contribution is -0.116. The molecule has 0 bridgehead atoms. The molecular formula is C12H20N6O. The molecule has 0 saturated heterocycles. The van der Waals surface area contributed by atoms with Crippen LogP contribution in [0.5, 0.6) is 0 Å². The second-order valence-electron chi connectivity index (χ2n) is 4.87. The largest absolute Gasteiger partial charge is 0.368 e. The lowest BCUT2D eigenvalue weighted by atomic mass is 10.2. The van der Waals surface area contributed by atoms with Crippen LogP contribution in [0, 0.1) is 6.92 Å². The molecule has 1 heterocycles. The zero-order chi connectivity index (χ0) is 13.8. The Morgan fingerprint density at radius 3 is 2.74 bits per heavy atom. The van der Waals surface area contributed by atoms with Crippen LogP contribution in [0.4, 0.5) is 11.8 Å². The Bertz CT molecular complexity index is 458. The normalized spacial score (nSPS) is 15.5. The van der Waals surface area contributed by atoms with E-state index in [1.165, 1.54) is 12.8 Å². The highest BCUT2D eigenvalue weighted by atomic mass is 16.1. The number of primary amides is 1. The molecule has 7 heteroatoms. The number of rotatable bonds is 5. The van der Waals surface area contributed by atoms with Gasteiger partial charge in [-0.1, -0.05) is 12.8 Å². The molecule has 1 fully saturated rings. The summed E-state index contributed by atoms with van der Waals surface area (Å²) in [6.45, 7) is 2.04. The standard InChI is InChI=1S/C12H20N6O/c1-8-6-11(16-12(15-8)17-14)18(7-10(13)19)9-4-2-3-5-9/h6,9H,2-5,7,14H2,1H3,(H2,13,19)(H,15,16,17). The number of nitrogens with two attached hydrogens (primary N) is 2. The van der Waals surface area contributed by atoms with Gasteiger partial charge in [0.1, 0.15) is 5.82 Å². The number of anilines is 2. The summed E-state index contributed by atoms with van der Waals surface area (Å²) < 4.78 is 0. The Hall–Kier alpha value is -1.89. The molecule has 0 aliphatic heterocycles. The molecule has 0 atom stereocenters. The van der Waals surface area contributed by atoms with E-state index in [0.29, 0.717) is 17.8 Å².